The molecule has 3 amide bonds. The Kier molecular flexibility index (Phi) is 13.6. The number of benzene rings is 2. The predicted molar refractivity (Wildman–Crippen MR) is 157 cm³/mol. The number of aliphatic hydroxyl groups is 1. The third kappa shape index (κ3) is 11.4. The summed E-state index contributed by atoms with van der Waals surface area (Å²) in [5.41, 5.74) is 0. The fourth-order valence-electron chi connectivity index (χ4n) is 4.54. The lowest BCUT2D eigenvalue weighted by Crippen LogP contribution is -2.50. The lowest BCUT2D eigenvalue weighted by atomic mass is 9.90. The van der Waals surface area contributed by atoms with Gasteiger partial charge in [-0.05, 0) is 42.6 Å². The Morgan fingerprint density at radius 3 is 2.20 bits per heavy atom. The van der Waals surface area contributed by atoms with Gasteiger partial charge in [0.25, 0.3) is 5.91 Å². The topological polar surface area (TPSA) is 154 Å². The van der Waals surface area contributed by atoms with Crippen LogP contribution in [0.1, 0.15) is 60.3 Å². The van der Waals surface area contributed by atoms with Crippen molar-refractivity contribution in [2.24, 2.45) is 17.8 Å². The van der Waals surface area contributed by atoms with Gasteiger partial charge in [0.1, 0.15) is 11.8 Å². The Morgan fingerprint density at radius 2 is 1.56 bits per heavy atom. The highest BCUT2D eigenvalue weighted by Gasteiger charge is 2.30. The van der Waals surface area contributed by atoms with Crippen LogP contribution in [0.3, 0.4) is 0 Å². The molecular weight excluding hydrogens is 526 g/mol. The number of amides is 3. The molecule has 5 N–H and O–H groups in total. The van der Waals surface area contributed by atoms with Crippen LogP contribution in [-0.4, -0.2) is 65.2 Å². The van der Waals surface area contributed by atoms with E-state index in [9.17, 15) is 29.4 Å². The number of nitrogens with one attached hydrogen (secondary N) is 3. The molecule has 0 aliphatic rings. The van der Waals surface area contributed by atoms with E-state index in [1.54, 1.807) is 12.1 Å². The third-order valence-corrected chi connectivity index (χ3v) is 6.74. The van der Waals surface area contributed by atoms with E-state index < -0.39 is 54.9 Å². The fourth-order valence-corrected chi connectivity index (χ4v) is 4.54. The molecule has 0 aromatic heterocycles. The fraction of sp³-hybridized carbons (Fsp3) is 0.548. The molecule has 0 aliphatic carbocycles. The number of rotatable bonds is 17. The van der Waals surface area contributed by atoms with Crippen LogP contribution in [0.2, 0.25) is 0 Å². The first-order valence-corrected chi connectivity index (χ1v) is 14.3. The monoisotopic (exact) mass is 571 g/mol. The SMILES string of the molecule is CCC(C[C@H](O)[C@H](CC(C)C)NC(=O)C[C@H](NC(=O)COc1cccc2ccccc12)C(=O)O)C(=O)NCC(C)C. The summed E-state index contributed by atoms with van der Waals surface area (Å²) in [5.74, 6) is -2.36. The third-order valence-electron chi connectivity index (χ3n) is 6.74. The van der Waals surface area contributed by atoms with Gasteiger partial charge in [0.2, 0.25) is 11.8 Å². The van der Waals surface area contributed by atoms with E-state index in [1.165, 1.54) is 0 Å². The summed E-state index contributed by atoms with van der Waals surface area (Å²) in [5, 5.41) is 30.4. The molecule has 0 spiro atoms. The number of carbonyl (C=O) groups is 4. The molecule has 10 nitrogen and oxygen atoms in total. The van der Waals surface area contributed by atoms with Crippen molar-refractivity contribution in [3.05, 3.63) is 42.5 Å². The summed E-state index contributed by atoms with van der Waals surface area (Å²) >= 11 is 0. The first-order valence-electron chi connectivity index (χ1n) is 14.3. The molecule has 0 heterocycles. The second-order valence-corrected chi connectivity index (χ2v) is 11.3. The minimum absolute atomic E-state index is 0.117. The summed E-state index contributed by atoms with van der Waals surface area (Å²) in [7, 11) is 0. The summed E-state index contributed by atoms with van der Waals surface area (Å²) < 4.78 is 5.63. The summed E-state index contributed by atoms with van der Waals surface area (Å²) in [6.45, 7) is 9.85. The molecule has 2 aromatic carbocycles. The van der Waals surface area contributed by atoms with Crippen molar-refractivity contribution in [2.45, 2.75) is 78.5 Å². The smallest absolute Gasteiger partial charge is 0.326 e. The molecule has 41 heavy (non-hydrogen) atoms. The minimum Gasteiger partial charge on any atom is -0.483 e. The van der Waals surface area contributed by atoms with Crippen molar-refractivity contribution in [1.29, 1.82) is 0 Å². The maximum absolute atomic E-state index is 12.9. The van der Waals surface area contributed by atoms with E-state index in [0.717, 1.165) is 10.8 Å². The van der Waals surface area contributed by atoms with Crippen LogP contribution in [0.4, 0.5) is 0 Å². The van der Waals surface area contributed by atoms with E-state index in [4.69, 9.17) is 4.74 Å². The number of fused-ring (bicyclic) bond motifs is 1. The van der Waals surface area contributed by atoms with Crippen molar-refractivity contribution in [3.63, 3.8) is 0 Å². The van der Waals surface area contributed by atoms with Crippen molar-refractivity contribution < 1.29 is 34.1 Å². The van der Waals surface area contributed by atoms with Crippen LogP contribution < -0.4 is 20.7 Å². The summed E-state index contributed by atoms with van der Waals surface area (Å²) in [6.07, 6.45) is -0.425. The van der Waals surface area contributed by atoms with Crippen LogP contribution in [-0.2, 0) is 19.2 Å². The number of hydrogen-bond acceptors (Lipinski definition) is 6. The molecular formula is C31H45N3O7. The highest BCUT2D eigenvalue weighted by molar-refractivity contribution is 5.90. The molecule has 10 heteroatoms. The Morgan fingerprint density at radius 1 is 0.878 bits per heavy atom. The van der Waals surface area contributed by atoms with Crippen molar-refractivity contribution in [3.8, 4) is 5.75 Å². The van der Waals surface area contributed by atoms with E-state index in [1.807, 2.05) is 65.0 Å². The zero-order valence-corrected chi connectivity index (χ0v) is 24.7. The molecule has 4 atom stereocenters. The van der Waals surface area contributed by atoms with Crippen LogP contribution in [0, 0.1) is 17.8 Å². The molecule has 0 bridgehead atoms. The van der Waals surface area contributed by atoms with Crippen LogP contribution in [0.15, 0.2) is 42.5 Å². The number of carbonyl (C=O) groups excluding carboxylic acids is 3. The van der Waals surface area contributed by atoms with Gasteiger partial charge in [0.15, 0.2) is 6.61 Å². The summed E-state index contributed by atoms with van der Waals surface area (Å²) in [4.78, 5) is 49.9. The van der Waals surface area contributed by atoms with Gasteiger partial charge in [-0.25, -0.2) is 4.79 Å². The van der Waals surface area contributed by atoms with Crippen molar-refractivity contribution in [2.75, 3.05) is 13.2 Å². The molecule has 2 rings (SSSR count). The van der Waals surface area contributed by atoms with E-state index >= 15 is 0 Å². The number of aliphatic carboxylic acids is 1. The molecule has 2 aromatic rings. The maximum atomic E-state index is 12.9. The normalized spacial score (nSPS) is 14.2. The van der Waals surface area contributed by atoms with Crippen LogP contribution in [0.5, 0.6) is 5.75 Å². The number of aliphatic hydroxyl groups excluding tert-OH is 1. The largest absolute Gasteiger partial charge is 0.483 e. The Balaban J connectivity index is 1.98. The predicted octanol–water partition coefficient (Wildman–Crippen LogP) is 3.26. The molecule has 0 saturated heterocycles. The van der Waals surface area contributed by atoms with E-state index in [2.05, 4.69) is 16.0 Å². The highest BCUT2D eigenvalue weighted by Crippen LogP contribution is 2.25. The molecule has 0 saturated carbocycles. The molecule has 0 radical (unpaired) electrons. The Labute approximate surface area is 242 Å². The van der Waals surface area contributed by atoms with Gasteiger partial charge in [-0.2, -0.15) is 0 Å². The molecule has 0 fully saturated rings. The number of ether oxygens (including phenoxy) is 1. The van der Waals surface area contributed by atoms with Gasteiger partial charge < -0.3 is 30.9 Å². The van der Waals surface area contributed by atoms with Gasteiger partial charge >= 0.3 is 5.97 Å². The quantitative estimate of drug-likeness (QED) is 0.195. The van der Waals surface area contributed by atoms with E-state index in [0.29, 0.717) is 31.1 Å². The number of hydrogen-bond donors (Lipinski definition) is 5. The number of carboxylic acids is 1. The van der Waals surface area contributed by atoms with Crippen molar-refractivity contribution in [1.82, 2.24) is 16.0 Å². The standard InChI is InChI=1S/C31H45N3O7/c1-6-21(30(38)32-17-20(4)5)15-26(35)24(14-19(2)3)33-28(36)16-25(31(39)40)34-29(37)18-41-27-13-9-11-22-10-7-8-12-23(22)27/h7-13,19-21,24-26,35H,6,14-18H2,1-5H3,(H,32,38)(H,33,36)(H,34,37)(H,39,40)/t21?,24-,25-,26-/m0/s1. The molecule has 1 unspecified atom stereocenters. The second kappa shape index (κ2) is 16.6. The zero-order chi connectivity index (χ0) is 30.5. The lowest BCUT2D eigenvalue weighted by molar-refractivity contribution is -0.144. The Bertz CT molecular complexity index is 1160. The average molecular weight is 572 g/mol. The van der Waals surface area contributed by atoms with Gasteiger partial charge in [0, 0.05) is 17.8 Å². The Hall–Kier alpha value is -3.66. The van der Waals surface area contributed by atoms with Gasteiger partial charge in [0.05, 0.1) is 18.6 Å². The average Bonchev–Trinajstić information content (AvgIpc) is 2.92. The van der Waals surface area contributed by atoms with E-state index in [-0.39, 0.29) is 18.2 Å². The highest BCUT2D eigenvalue weighted by atomic mass is 16.5. The van der Waals surface area contributed by atoms with Crippen LogP contribution in [0.25, 0.3) is 10.8 Å². The van der Waals surface area contributed by atoms with Gasteiger partial charge in [-0.3, -0.25) is 14.4 Å². The van der Waals surface area contributed by atoms with Gasteiger partial charge in [-0.1, -0.05) is 71.0 Å². The zero-order valence-electron chi connectivity index (χ0n) is 24.7. The minimum atomic E-state index is -1.49. The molecule has 226 valence electrons. The van der Waals surface area contributed by atoms with Gasteiger partial charge in [-0.15, -0.1) is 0 Å². The first kappa shape index (κ1) is 33.5. The number of carboxylic acid groups (broad SMARTS) is 1. The van der Waals surface area contributed by atoms with Crippen molar-refractivity contribution >= 4 is 34.5 Å². The lowest BCUT2D eigenvalue weighted by Gasteiger charge is -2.28. The second-order valence-electron chi connectivity index (χ2n) is 11.3. The first-order chi connectivity index (χ1) is 19.4. The molecule has 0 aliphatic heterocycles. The maximum Gasteiger partial charge on any atom is 0.326 e. The van der Waals surface area contributed by atoms with Crippen LogP contribution >= 0.6 is 0 Å². The summed E-state index contributed by atoms with van der Waals surface area (Å²) in [6, 6.07) is 10.8.